The largest absolute Gasteiger partial charge is 0.330 e. The molecule has 0 aliphatic rings. The molecule has 2 heteroatoms. The third-order valence-corrected chi connectivity index (χ3v) is 2.78. The SMILES string of the molecule is Cc1ccc2cc(C(C)CN)ccc2n1. The minimum Gasteiger partial charge on any atom is -0.330 e. The van der Waals surface area contributed by atoms with Crippen LogP contribution in [0.3, 0.4) is 0 Å². The van der Waals surface area contributed by atoms with Gasteiger partial charge < -0.3 is 5.73 Å². The molecule has 1 aromatic heterocycles. The summed E-state index contributed by atoms with van der Waals surface area (Å²) in [5, 5.41) is 1.19. The molecule has 0 fully saturated rings. The minimum atomic E-state index is 0.413. The van der Waals surface area contributed by atoms with Crippen molar-refractivity contribution in [3.63, 3.8) is 0 Å². The lowest BCUT2D eigenvalue weighted by Crippen LogP contribution is -2.08. The highest BCUT2D eigenvalue weighted by Gasteiger charge is 2.04. The first-order valence-corrected chi connectivity index (χ1v) is 5.28. The molecule has 1 aromatic carbocycles. The van der Waals surface area contributed by atoms with Gasteiger partial charge in [-0.1, -0.05) is 19.1 Å². The summed E-state index contributed by atoms with van der Waals surface area (Å²) >= 11 is 0. The Morgan fingerprint density at radius 2 is 2.07 bits per heavy atom. The van der Waals surface area contributed by atoms with E-state index in [1.54, 1.807) is 0 Å². The number of hydrogen-bond acceptors (Lipinski definition) is 2. The molecule has 1 heterocycles. The monoisotopic (exact) mass is 200 g/mol. The van der Waals surface area contributed by atoms with Gasteiger partial charge in [0.05, 0.1) is 5.52 Å². The lowest BCUT2D eigenvalue weighted by Gasteiger charge is -2.09. The van der Waals surface area contributed by atoms with Crippen molar-refractivity contribution in [1.82, 2.24) is 4.98 Å². The Morgan fingerprint density at radius 1 is 1.27 bits per heavy atom. The van der Waals surface area contributed by atoms with Gasteiger partial charge in [0.25, 0.3) is 0 Å². The maximum absolute atomic E-state index is 5.66. The molecule has 0 radical (unpaired) electrons. The van der Waals surface area contributed by atoms with E-state index < -0.39 is 0 Å². The zero-order valence-electron chi connectivity index (χ0n) is 9.20. The van der Waals surface area contributed by atoms with Gasteiger partial charge in [0, 0.05) is 11.1 Å². The van der Waals surface area contributed by atoms with Crippen LogP contribution in [0.15, 0.2) is 30.3 Å². The lowest BCUT2D eigenvalue weighted by molar-refractivity contribution is 0.775. The molecule has 15 heavy (non-hydrogen) atoms. The average molecular weight is 200 g/mol. The van der Waals surface area contributed by atoms with Crippen molar-refractivity contribution in [2.45, 2.75) is 19.8 Å². The molecule has 0 saturated carbocycles. The second-order valence-electron chi connectivity index (χ2n) is 4.04. The standard InChI is InChI=1S/C13H16N2/c1-9(8-14)11-5-6-13-12(7-11)4-3-10(2)15-13/h3-7,9H,8,14H2,1-2H3. The normalized spacial score (nSPS) is 13.0. The van der Waals surface area contributed by atoms with E-state index in [2.05, 4.69) is 36.2 Å². The fourth-order valence-electron chi connectivity index (χ4n) is 1.69. The van der Waals surface area contributed by atoms with Crippen LogP contribution in [-0.2, 0) is 0 Å². The second-order valence-corrected chi connectivity index (χ2v) is 4.04. The molecule has 0 aliphatic heterocycles. The van der Waals surface area contributed by atoms with E-state index in [1.807, 2.05) is 13.0 Å². The van der Waals surface area contributed by atoms with Crippen molar-refractivity contribution >= 4 is 10.9 Å². The van der Waals surface area contributed by atoms with Gasteiger partial charge in [0.15, 0.2) is 0 Å². The molecule has 1 atom stereocenters. The number of aryl methyl sites for hydroxylation is 1. The van der Waals surface area contributed by atoms with Gasteiger partial charge in [-0.25, -0.2) is 0 Å². The van der Waals surface area contributed by atoms with Crippen LogP contribution in [0.5, 0.6) is 0 Å². The fourth-order valence-corrected chi connectivity index (χ4v) is 1.69. The fraction of sp³-hybridized carbons (Fsp3) is 0.308. The number of nitrogens with zero attached hydrogens (tertiary/aromatic N) is 1. The first-order chi connectivity index (χ1) is 7.20. The van der Waals surface area contributed by atoms with E-state index in [0.717, 1.165) is 11.2 Å². The van der Waals surface area contributed by atoms with E-state index in [9.17, 15) is 0 Å². The number of fused-ring (bicyclic) bond motifs is 1. The molecule has 0 spiro atoms. The van der Waals surface area contributed by atoms with Crippen molar-refractivity contribution in [2.75, 3.05) is 6.54 Å². The van der Waals surface area contributed by atoms with E-state index in [1.165, 1.54) is 10.9 Å². The molecule has 2 rings (SSSR count). The Labute approximate surface area is 90.1 Å². The van der Waals surface area contributed by atoms with Gasteiger partial charge in [-0.15, -0.1) is 0 Å². The van der Waals surface area contributed by atoms with Crippen molar-refractivity contribution in [2.24, 2.45) is 5.73 Å². The number of nitrogens with two attached hydrogens (primary N) is 1. The quantitative estimate of drug-likeness (QED) is 0.809. The number of benzene rings is 1. The topological polar surface area (TPSA) is 38.9 Å². The number of rotatable bonds is 2. The Kier molecular flexibility index (Phi) is 2.69. The molecule has 0 saturated heterocycles. The minimum absolute atomic E-state index is 0.413. The second kappa shape index (κ2) is 3.99. The van der Waals surface area contributed by atoms with E-state index in [-0.39, 0.29) is 0 Å². The van der Waals surface area contributed by atoms with Gasteiger partial charge in [0.1, 0.15) is 0 Å². The molecular formula is C13H16N2. The molecule has 0 aliphatic carbocycles. The van der Waals surface area contributed by atoms with Crippen LogP contribution < -0.4 is 5.73 Å². The summed E-state index contributed by atoms with van der Waals surface area (Å²) in [6, 6.07) is 10.5. The maximum Gasteiger partial charge on any atom is 0.0705 e. The number of pyridine rings is 1. The Bertz CT molecular complexity index is 477. The molecular weight excluding hydrogens is 184 g/mol. The molecule has 0 amide bonds. The van der Waals surface area contributed by atoms with Crippen LogP contribution in [0.25, 0.3) is 10.9 Å². The predicted molar refractivity (Wildman–Crippen MR) is 63.9 cm³/mol. The Hall–Kier alpha value is -1.41. The van der Waals surface area contributed by atoms with Gasteiger partial charge in [-0.3, -0.25) is 4.98 Å². The van der Waals surface area contributed by atoms with Gasteiger partial charge in [0.2, 0.25) is 0 Å². The first kappa shape index (κ1) is 10.1. The van der Waals surface area contributed by atoms with Crippen LogP contribution in [0.4, 0.5) is 0 Å². The maximum atomic E-state index is 5.66. The first-order valence-electron chi connectivity index (χ1n) is 5.28. The Balaban J connectivity index is 2.52. The van der Waals surface area contributed by atoms with E-state index >= 15 is 0 Å². The van der Waals surface area contributed by atoms with Crippen LogP contribution in [-0.4, -0.2) is 11.5 Å². The summed E-state index contributed by atoms with van der Waals surface area (Å²) in [4.78, 5) is 4.47. The number of aromatic nitrogens is 1. The molecule has 0 bridgehead atoms. The van der Waals surface area contributed by atoms with Gasteiger partial charge >= 0.3 is 0 Å². The van der Waals surface area contributed by atoms with Gasteiger partial charge in [-0.2, -0.15) is 0 Å². The number of hydrogen-bond donors (Lipinski definition) is 1. The van der Waals surface area contributed by atoms with Crippen molar-refractivity contribution < 1.29 is 0 Å². The zero-order chi connectivity index (χ0) is 10.8. The van der Waals surface area contributed by atoms with Crippen LogP contribution >= 0.6 is 0 Å². The predicted octanol–water partition coefficient (Wildman–Crippen LogP) is 2.61. The third kappa shape index (κ3) is 2.00. The van der Waals surface area contributed by atoms with Gasteiger partial charge in [-0.05, 0) is 43.1 Å². The van der Waals surface area contributed by atoms with Crippen molar-refractivity contribution in [3.05, 3.63) is 41.6 Å². The third-order valence-electron chi connectivity index (χ3n) is 2.78. The highest BCUT2D eigenvalue weighted by molar-refractivity contribution is 5.79. The lowest BCUT2D eigenvalue weighted by atomic mass is 9.99. The summed E-state index contributed by atoms with van der Waals surface area (Å²) in [5.74, 6) is 0.413. The summed E-state index contributed by atoms with van der Waals surface area (Å²) in [7, 11) is 0. The van der Waals surface area contributed by atoms with Crippen LogP contribution in [0, 0.1) is 6.92 Å². The molecule has 1 unspecified atom stereocenters. The zero-order valence-corrected chi connectivity index (χ0v) is 9.20. The molecule has 2 nitrogen and oxygen atoms in total. The molecule has 2 aromatic rings. The highest BCUT2D eigenvalue weighted by Crippen LogP contribution is 2.20. The van der Waals surface area contributed by atoms with Crippen LogP contribution in [0.1, 0.15) is 24.1 Å². The van der Waals surface area contributed by atoms with Crippen LogP contribution in [0.2, 0.25) is 0 Å². The van der Waals surface area contributed by atoms with E-state index in [4.69, 9.17) is 5.73 Å². The van der Waals surface area contributed by atoms with Crippen molar-refractivity contribution in [1.29, 1.82) is 0 Å². The van der Waals surface area contributed by atoms with Crippen molar-refractivity contribution in [3.8, 4) is 0 Å². The van der Waals surface area contributed by atoms with E-state index in [0.29, 0.717) is 12.5 Å². The highest BCUT2D eigenvalue weighted by atomic mass is 14.7. The molecule has 2 N–H and O–H groups in total. The Morgan fingerprint density at radius 3 is 2.80 bits per heavy atom. The smallest absolute Gasteiger partial charge is 0.0705 e. The average Bonchev–Trinajstić information content (AvgIpc) is 2.27. The summed E-state index contributed by atoms with van der Waals surface area (Å²) in [6.45, 7) is 4.84. The molecule has 78 valence electrons. The summed E-state index contributed by atoms with van der Waals surface area (Å²) in [5.41, 5.74) is 9.06. The summed E-state index contributed by atoms with van der Waals surface area (Å²) < 4.78 is 0. The summed E-state index contributed by atoms with van der Waals surface area (Å²) in [6.07, 6.45) is 0.